The molecule has 1 unspecified atom stereocenters. The summed E-state index contributed by atoms with van der Waals surface area (Å²) in [5.74, 6) is -2.40. The van der Waals surface area contributed by atoms with Crippen molar-refractivity contribution in [1.29, 1.82) is 0 Å². The second kappa shape index (κ2) is 8.59. The maximum atomic E-state index is 13.4. The van der Waals surface area contributed by atoms with Crippen molar-refractivity contribution in [3.05, 3.63) is 34.6 Å². The summed E-state index contributed by atoms with van der Waals surface area (Å²) >= 11 is 5.55. The number of rotatable bonds is 8. The monoisotopic (exact) mass is 317 g/mol. The van der Waals surface area contributed by atoms with Crippen LogP contribution in [-0.2, 0) is 14.3 Å². The van der Waals surface area contributed by atoms with E-state index in [9.17, 15) is 14.0 Å². The fraction of sp³-hybridized carbons (Fsp3) is 0.429. The van der Waals surface area contributed by atoms with Gasteiger partial charge < -0.3 is 15.2 Å². The molecule has 0 aliphatic rings. The van der Waals surface area contributed by atoms with Gasteiger partial charge in [-0.1, -0.05) is 17.7 Å². The molecule has 1 rings (SSSR count). The minimum absolute atomic E-state index is 0.103. The number of carboxylic acid groups (broad SMARTS) is 1. The van der Waals surface area contributed by atoms with Gasteiger partial charge in [0.25, 0.3) is 0 Å². The molecule has 0 saturated carbocycles. The molecule has 0 aromatic heterocycles. The van der Waals surface area contributed by atoms with Gasteiger partial charge in [-0.05, 0) is 30.5 Å². The van der Waals surface area contributed by atoms with Crippen LogP contribution in [-0.4, -0.2) is 30.7 Å². The molecule has 5 nitrogen and oxygen atoms in total. The molecule has 0 saturated heterocycles. The molecular weight excluding hydrogens is 301 g/mol. The van der Waals surface area contributed by atoms with Crippen LogP contribution in [0.1, 0.15) is 30.9 Å². The first-order valence-corrected chi connectivity index (χ1v) is 6.79. The number of halogens is 2. The van der Waals surface area contributed by atoms with Gasteiger partial charge in [-0.15, -0.1) is 0 Å². The van der Waals surface area contributed by atoms with Crippen LogP contribution < -0.4 is 5.32 Å². The maximum absolute atomic E-state index is 13.4. The van der Waals surface area contributed by atoms with E-state index in [1.807, 2.05) is 0 Å². The van der Waals surface area contributed by atoms with E-state index in [4.69, 9.17) is 21.4 Å². The van der Waals surface area contributed by atoms with E-state index in [0.717, 1.165) is 6.07 Å². The van der Waals surface area contributed by atoms with E-state index in [1.54, 1.807) is 7.11 Å². The number of carbonyl (C=O) groups excluding carboxylic acids is 1. The molecule has 1 aromatic carbocycles. The fourth-order valence-electron chi connectivity index (χ4n) is 1.74. The predicted octanol–water partition coefficient (Wildman–Crippen LogP) is 2.54. The van der Waals surface area contributed by atoms with Crippen LogP contribution in [0.5, 0.6) is 0 Å². The normalized spacial score (nSPS) is 12.0. The van der Waals surface area contributed by atoms with Crippen molar-refractivity contribution in [2.75, 3.05) is 13.7 Å². The van der Waals surface area contributed by atoms with Crippen LogP contribution in [0.3, 0.4) is 0 Å². The van der Waals surface area contributed by atoms with Crippen molar-refractivity contribution in [1.82, 2.24) is 5.32 Å². The zero-order valence-corrected chi connectivity index (χ0v) is 12.3. The van der Waals surface area contributed by atoms with Crippen molar-refractivity contribution < 1.29 is 23.8 Å². The molecule has 0 aliphatic heterocycles. The summed E-state index contributed by atoms with van der Waals surface area (Å²) in [5, 5.41) is 11.4. The van der Waals surface area contributed by atoms with Gasteiger partial charge >= 0.3 is 5.97 Å². The van der Waals surface area contributed by atoms with Crippen LogP contribution >= 0.6 is 11.6 Å². The standard InChI is InChI=1S/C14H17ClFNO4/c1-21-7-3-2-4-12(18)17-13(14(19)20)9-5-6-10(15)11(16)8-9/h5-6,8,13H,2-4,7H2,1H3,(H,17,18)(H,19,20). The molecular formula is C14H17ClFNO4. The van der Waals surface area contributed by atoms with Crippen LogP contribution in [0.15, 0.2) is 18.2 Å². The van der Waals surface area contributed by atoms with E-state index in [0.29, 0.717) is 19.4 Å². The highest BCUT2D eigenvalue weighted by atomic mass is 35.5. The van der Waals surface area contributed by atoms with Gasteiger partial charge in [-0.3, -0.25) is 4.79 Å². The number of hydrogen-bond donors (Lipinski definition) is 2. The average Bonchev–Trinajstić information content (AvgIpc) is 2.44. The number of aliphatic carboxylic acids is 1. The summed E-state index contributed by atoms with van der Waals surface area (Å²) in [5.41, 5.74) is 0.134. The predicted molar refractivity (Wildman–Crippen MR) is 75.7 cm³/mol. The number of unbranched alkanes of at least 4 members (excludes halogenated alkanes) is 1. The summed E-state index contributed by atoms with van der Waals surface area (Å²) in [4.78, 5) is 22.9. The van der Waals surface area contributed by atoms with Crippen LogP contribution in [0.2, 0.25) is 5.02 Å². The zero-order chi connectivity index (χ0) is 15.8. The smallest absolute Gasteiger partial charge is 0.330 e. The Bertz CT molecular complexity index is 510. The first kappa shape index (κ1) is 17.4. The van der Waals surface area contributed by atoms with Gasteiger partial charge in [-0.2, -0.15) is 0 Å². The van der Waals surface area contributed by atoms with E-state index in [1.165, 1.54) is 12.1 Å². The lowest BCUT2D eigenvalue weighted by Gasteiger charge is -2.15. The lowest BCUT2D eigenvalue weighted by molar-refractivity contribution is -0.142. The molecule has 116 valence electrons. The van der Waals surface area contributed by atoms with E-state index < -0.39 is 23.7 Å². The zero-order valence-electron chi connectivity index (χ0n) is 11.6. The SMILES string of the molecule is COCCCCC(=O)NC(C(=O)O)c1ccc(Cl)c(F)c1. The van der Waals surface area contributed by atoms with Crippen molar-refractivity contribution in [3.63, 3.8) is 0 Å². The largest absolute Gasteiger partial charge is 0.479 e. The van der Waals surface area contributed by atoms with E-state index in [2.05, 4.69) is 5.32 Å². The summed E-state index contributed by atoms with van der Waals surface area (Å²) in [6.07, 6.45) is 1.47. The minimum atomic E-state index is -1.30. The Morgan fingerprint density at radius 2 is 2.14 bits per heavy atom. The Balaban J connectivity index is 2.67. The molecule has 0 aliphatic carbocycles. The number of nitrogens with one attached hydrogen (secondary N) is 1. The summed E-state index contributed by atoms with van der Waals surface area (Å²) in [6, 6.07) is 2.33. The number of ether oxygens (including phenoxy) is 1. The number of amides is 1. The highest BCUT2D eigenvalue weighted by Crippen LogP contribution is 2.20. The summed E-state index contributed by atoms with van der Waals surface area (Å²) < 4.78 is 18.2. The van der Waals surface area contributed by atoms with Crippen molar-refractivity contribution in [3.8, 4) is 0 Å². The first-order chi connectivity index (χ1) is 9.95. The number of carbonyl (C=O) groups is 2. The molecule has 0 radical (unpaired) electrons. The second-order valence-corrected chi connectivity index (χ2v) is 4.87. The van der Waals surface area contributed by atoms with Gasteiger partial charge in [-0.25, -0.2) is 9.18 Å². The molecule has 0 heterocycles. The Labute approximate surface area is 127 Å². The number of benzene rings is 1. The van der Waals surface area contributed by atoms with Gasteiger partial charge in [0.2, 0.25) is 5.91 Å². The molecule has 1 atom stereocenters. The van der Waals surface area contributed by atoms with Gasteiger partial charge in [0.05, 0.1) is 5.02 Å². The highest BCUT2D eigenvalue weighted by molar-refractivity contribution is 6.30. The molecule has 1 aromatic rings. The molecule has 0 bridgehead atoms. The van der Waals surface area contributed by atoms with Crippen molar-refractivity contribution >= 4 is 23.5 Å². The quantitative estimate of drug-likeness (QED) is 0.722. The first-order valence-electron chi connectivity index (χ1n) is 6.41. The van der Waals surface area contributed by atoms with Crippen molar-refractivity contribution in [2.45, 2.75) is 25.3 Å². The number of methoxy groups -OCH3 is 1. The maximum Gasteiger partial charge on any atom is 0.330 e. The molecule has 0 fully saturated rings. The van der Waals surface area contributed by atoms with E-state index in [-0.39, 0.29) is 17.0 Å². The highest BCUT2D eigenvalue weighted by Gasteiger charge is 2.22. The van der Waals surface area contributed by atoms with E-state index >= 15 is 0 Å². The third-order valence-electron chi connectivity index (χ3n) is 2.83. The third-order valence-corrected chi connectivity index (χ3v) is 3.14. The van der Waals surface area contributed by atoms with Gasteiger partial charge in [0.1, 0.15) is 5.82 Å². The van der Waals surface area contributed by atoms with Crippen LogP contribution in [0, 0.1) is 5.82 Å². The number of hydrogen-bond acceptors (Lipinski definition) is 3. The van der Waals surface area contributed by atoms with Gasteiger partial charge in [0, 0.05) is 20.1 Å². The molecule has 21 heavy (non-hydrogen) atoms. The van der Waals surface area contributed by atoms with Crippen LogP contribution in [0.4, 0.5) is 4.39 Å². The third kappa shape index (κ3) is 5.69. The average molecular weight is 318 g/mol. The van der Waals surface area contributed by atoms with Crippen LogP contribution in [0.25, 0.3) is 0 Å². The summed E-state index contributed by atoms with van der Waals surface area (Å²) in [7, 11) is 1.57. The lowest BCUT2D eigenvalue weighted by atomic mass is 10.1. The molecule has 0 spiro atoms. The number of carboxylic acids is 1. The topological polar surface area (TPSA) is 75.6 Å². The molecule has 2 N–H and O–H groups in total. The van der Waals surface area contributed by atoms with Gasteiger partial charge in [0.15, 0.2) is 6.04 Å². The summed E-state index contributed by atoms with van der Waals surface area (Å²) in [6.45, 7) is 0.540. The fourth-order valence-corrected chi connectivity index (χ4v) is 1.86. The Morgan fingerprint density at radius 1 is 1.43 bits per heavy atom. The Morgan fingerprint density at radius 3 is 2.71 bits per heavy atom. The minimum Gasteiger partial charge on any atom is -0.479 e. The Kier molecular flexibility index (Phi) is 7.11. The molecule has 7 heteroatoms. The van der Waals surface area contributed by atoms with Crippen molar-refractivity contribution in [2.24, 2.45) is 0 Å². The Hall–Kier alpha value is -1.66. The second-order valence-electron chi connectivity index (χ2n) is 4.46. The lowest BCUT2D eigenvalue weighted by Crippen LogP contribution is -2.33. The molecule has 1 amide bonds.